The molecule has 0 saturated heterocycles. The number of ether oxygens (including phenoxy) is 1. The second-order valence-corrected chi connectivity index (χ2v) is 8.60. The van der Waals surface area contributed by atoms with E-state index in [4.69, 9.17) is 4.74 Å². The van der Waals surface area contributed by atoms with Crippen LogP contribution in [0.15, 0.2) is 29.2 Å². The van der Waals surface area contributed by atoms with Crippen LogP contribution in [0.2, 0.25) is 0 Å². The maximum atomic E-state index is 12.3. The number of hydrogen-bond donors (Lipinski definition) is 1. The molecule has 0 aromatic heterocycles. The third kappa shape index (κ3) is 4.82. The summed E-state index contributed by atoms with van der Waals surface area (Å²) in [5, 5.41) is 12.1. The molecule has 1 fully saturated rings. The molecule has 0 unspecified atom stereocenters. The number of hydrogen-bond acceptors (Lipinski definition) is 6. The van der Waals surface area contributed by atoms with Gasteiger partial charge in [-0.05, 0) is 44.0 Å². The highest BCUT2D eigenvalue weighted by Gasteiger charge is 2.35. The Morgan fingerprint density at radius 2 is 1.77 bits per heavy atom. The van der Waals surface area contributed by atoms with Crippen LogP contribution < -0.4 is 5.32 Å². The molecule has 1 aliphatic carbocycles. The van der Waals surface area contributed by atoms with Crippen LogP contribution in [0.5, 0.6) is 0 Å². The summed E-state index contributed by atoms with van der Waals surface area (Å²) in [5.74, 6) is -1.25. The standard InChI is InChI=1S/C18H22N2O5S/c1-13(16(21)20-18(12-19)10-4-3-5-11-18)25-17(22)14-6-8-15(9-7-14)26(2,23)24/h6-9,13H,3-5,10-11H2,1-2H3,(H,20,21)/t13-/m1/s1. The van der Waals surface area contributed by atoms with Crippen molar-refractivity contribution >= 4 is 21.7 Å². The average molecular weight is 378 g/mol. The number of carbonyl (C=O) groups excluding carboxylic acids is 2. The Bertz CT molecular complexity index is 818. The van der Waals surface area contributed by atoms with Crippen LogP contribution in [-0.2, 0) is 19.4 Å². The van der Waals surface area contributed by atoms with Gasteiger partial charge in [0.05, 0.1) is 16.5 Å². The second kappa shape index (κ2) is 7.87. The molecule has 0 heterocycles. The minimum atomic E-state index is -3.35. The fourth-order valence-corrected chi connectivity index (χ4v) is 3.51. The molecule has 0 radical (unpaired) electrons. The molecule has 0 spiro atoms. The maximum Gasteiger partial charge on any atom is 0.338 e. The predicted molar refractivity (Wildman–Crippen MR) is 94.0 cm³/mol. The number of esters is 1. The summed E-state index contributed by atoms with van der Waals surface area (Å²) in [7, 11) is -3.35. The summed E-state index contributed by atoms with van der Waals surface area (Å²) in [6.45, 7) is 1.44. The van der Waals surface area contributed by atoms with Gasteiger partial charge in [0.25, 0.3) is 5.91 Å². The summed E-state index contributed by atoms with van der Waals surface area (Å²) in [5.41, 5.74) is -0.752. The van der Waals surface area contributed by atoms with Crippen LogP contribution in [0.25, 0.3) is 0 Å². The van der Waals surface area contributed by atoms with Gasteiger partial charge in [0.2, 0.25) is 0 Å². The van der Waals surface area contributed by atoms with E-state index in [1.165, 1.54) is 31.2 Å². The van der Waals surface area contributed by atoms with E-state index in [0.717, 1.165) is 25.5 Å². The topological polar surface area (TPSA) is 113 Å². The molecule has 2 rings (SSSR count). The molecule has 1 aliphatic rings. The van der Waals surface area contributed by atoms with Crippen LogP contribution in [0.4, 0.5) is 0 Å². The minimum absolute atomic E-state index is 0.0908. The number of nitrogens with zero attached hydrogens (tertiary/aromatic N) is 1. The number of nitrogens with one attached hydrogen (secondary N) is 1. The summed E-state index contributed by atoms with van der Waals surface area (Å²) >= 11 is 0. The van der Waals surface area contributed by atoms with Crippen LogP contribution in [0, 0.1) is 11.3 Å². The van der Waals surface area contributed by atoms with Crippen molar-refractivity contribution in [1.29, 1.82) is 5.26 Å². The molecule has 140 valence electrons. The summed E-state index contributed by atoms with van der Waals surface area (Å²) in [6, 6.07) is 7.47. The van der Waals surface area contributed by atoms with Crippen molar-refractivity contribution in [1.82, 2.24) is 5.32 Å². The van der Waals surface area contributed by atoms with Crippen molar-refractivity contribution in [2.24, 2.45) is 0 Å². The Morgan fingerprint density at radius 1 is 1.19 bits per heavy atom. The van der Waals surface area contributed by atoms with E-state index < -0.39 is 33.4 Å². The average Bonchev–Trinajstić information content (AvgIpc) is 2.61. The van der Waals surface area contributed by atoms with Gasteiger partial charge in [-0.1, -0.05) is 19.3 Å². The monoisotopic (exact) mass is 378 g/mol. The number of benzene rings is 1. The zero-order valence-corrected chi connectivity index (χ0v) is 15.6. The van der Waals surface area contributed by atoms with Crippen LogP contribution in [0.3, 0.4) is 0 Å². The van der Waals surface area contributed by atoms with Crippen LogP contribution in [0.1, 0.15) is 49.4 Å². The van der Waals surface area contributed by atoms with Gasteiger partial charge in [0.15, 0.2) is 15.9 Å². The molecule has 0 bridgehead atoms. The van der Waals surface area contributed by atoms with Crippen LogP contribution in [-0.4, -0.2) is 38.2 Å². The van der Waals surface area contributed by atoms with Gasteiger partial charge < -0.3 is 10.1 Å². The number of carbonyl (C=O) groups is 2. The molecule has 1 aromatic carbocycles. The first kappa shape index (κ1) is 19.9. The van der Waals surface area contributed by atoms with Gasteiger partial charge in [-0.3, -0.25) is 4.79 Å². The zero-order chi connectivity index (χ0) is 19.4. The number of sulfone groups is 1. The lowest BCUT2D eigenvalue weighted by Gasteiger charge is -2.32. The largest absolute Gasteiger partial charge is 0.449 e. The normalized spacial score (nSPS) is 17.6. The molecular weight excluding hydrogens is 356 g/mol. The number of nitriles is 1. The third-order valence-corrected chi connectivity index (χ3v) is 5.58. The number of amides is 1. The van der Waals surface area contributed by atoms with Gasteiger partial charge in [0, 0.05) is 6.26 Å². The first-order valence-electron chi connectivity index (χ1n) is 8.41. The van der Waals surface area contributed by atoms with Crippen molar-refractivity contribution in [3.63, 3.8) is 0 Å². The molecule has 7 nitrogen and oxygen atoms in total. The molecule has 1 amide bonds. The fourth-order valence-electron chi connectivity index (χ4n) is 2.88. The first-order valence-corrected chi connectivity index (χ1v) is 10.3. The lowest BCUT2D eigenvalue weighted by Crippen LogP contribution is -2.52. The Morgan fingerprint density at radius 3 is 2.27 bits per heavy atom. The summed E-state index contributed by atoms with van der Waals surface area (Å²) in [4.78, 5) is 24.5. The van der Waals surface area contributed by atoms with Crippen LogP contribution >= 0.6 is 0 Å². The lowest BCUT2D eigenvalue weighted by atomic mass is 9.83. The minimum Gasteiger partial charge on any atom is -0.449 e. The first-order chi connectivity index (χ1) is 12.2. The molecule has 1 saturated carbocycles. The molecule has 8 heteroatoms. The van der Waals surface area contributed by atoms with Gasteiger partial charge in [-0.2, -0.15) is 5.26 Å². The van der Waals surface area contributed by atoms with Gasteiger partial charge in [-0.25, -0.2) is 13.2 Å². The number of rotatable bonds is 5. The molecule has 1 atom stereocenters. The predicted octanol–water partition coefficient (Wildman–Crippen LogP) is 1.98. The van der Waals surface area contributed by atoms with E-state index in [1.54, 1.807) is 0 Å². The van der Waals surface area contributed by atoms with E-state index in [-0.39, 0.29) is 10.5 Å². The Kier molecular flexibility index (Phi) is 6.03. The zero-order valence-electron chi connectivity index (χ0n) is 14.8. The van der Waals surface area contributed by atoms with Crippen molar-refractivity contribution in [3.8, 4) is 6.07 Å². The van der Waals surface area contributed by atoms with Gasteiger partial charge in [-0.15, -0.1) is 0 Å². The smallest absolute Gasteiger partial charge is 0.338 e. The summed E-state index contributed by atoms with van der Waals surface area (Å²) < 4.78 is 28.0. The van der Waals surface area contributed by atoms with E-state index >= 15 is 0 Å². The quantitative estimate of drug-likeness (QED) is 0.784. The molecule has 1 N–H and O–H groups in total. The van der Waals surface area contributed by atoms with E-state index in [1.807, 2.05) is 0 Å². The van der Waals surface area contributed by atoms with E-state index in [0.29, 0.717) is 12.8 Å². The Labute approximate surface area is 153 Å². The van der Waals surface area contributed by atoms with E-state index in [2.05, 4.69) is 11.4 Å². The lowest BCUT2D eigenvalue weighted by molar-refractivity contribution is -0.130. The third-order valence-electron chi connectivity index (χ3n) is 4.45. The Balaban J connectivity index is 2.00. The SMILES string of the molecule is C[C@@H](OC(=O)c1ccc(S(C)(=O)=O)cc1)C(=O)NC1(C#N)CCCCC1. The van der Waals surface area contributed by atoms with E-state index in [9.17, 15) is 23.3 Å². The summed E-state index contributed by atoms with van der Waals surface area (Å²) in [6.07, 6.45) is 3.95. The van der Waals surface area contributed by atoms with Crippen molar-refractivity contribution < 1.29 is 22.7 Å². The second-order valence-electron chi connectivity index (χ2n) is 6.59. The Hall–Kier alpha value is -2.40. The van der Waals surface area contributed by atoms with Gasteiger partial charge in [0.1, 0.15) is 5.54 Å². The van der Waals surface area contributed by atoms with Crippen molar-refractivity contribution in [3.05, 3.63) is 29.8 Å². The molecular formula is C18H22N2O5S. The molecule has 26 heavy (non-hydrogen) atoms. The van der Waals surface area contributed by atoms with Crippen molar-refractivity contribution in [2.75, 3.05) is 6.26 Å². The van der Waals surface area contributed by atoms with Crippen molar-refractivity contribution in [2.45, 2.75) is 55.6 Å². The highest BCUT2D eigenvalue weighted by molar-refractivity contribution is 7.90. The molecule has 0 aliphatic heterocycles. The molecule has 1 aromatic rings. The highest BCUT2D eigenvalue weighted by Crippen LogP contribution is 2.27. The fraction of sp³-hybridized carbons (Fsp3) is 0.500. The van der Waals surface area contributed by atoms with Gasteiger partial charge >= 0.3 is 5.97 Å². The maximum absolute atomic E-state index is 12.3. The highest BCUT2D eigenvalue weighted by atomic mass is 32.2.